The summed E-state index contributed by atoms with van der Waals surface area (Å²) >= 11 is 3.45. The molecular formula is C23H24BrNO5. The number of hydrogen-bond acceptors (Lipinski definition) is 6. The van der Waals surface area contributed by atoms with Crippen molar-refractivity contribution in [3.63, 3.8) is 0 Å². The number of halogens is 1. The van der Waals surface area contributed by atoms with Crippen LogP contribution >= 0.6 is 15.9 Å². The summed E-state index contributed by atoms with van der Waals surface area (Å²) in [5.74, 6) is 1.79. The van der Waals surface area contributed by atoms with Gasteiger partial charge in [0.1, 0.15) is 23.9 Å². The molecule has 1 heterocycles. The fraction of sp³-hybridized carbons (Fsp3) is 0.304. The summed E-state index contributed by atoms with van der Waals surface area (Å²) < 4.78 is 22.7. The zero-order valence-electron chi connectivity index (χ0n) is 17.5. The van der Waals surface area contributed by atoms with E-state index in [9.17, 15) is 4.79 Å². The van der Waals surface area contributed by atoms with Crippen LogP contribution in [0.25, 0.3) is 10.9 Å². The Bertz CT molecular complexity index is 1070. The first-order valence-electron chi connectivity index (χ1n) is 9.64. The van der Waals surface area contributed by atoms with E-state index in [1.54, 1.807) is 7.11 Å². The molecule has 1 aromatic heterocycles. The van der Waals surface area contributed by atoms with Gasteiger partial charge in [-0.25, -0.2) is 4.79 Å². The number of hydrogen-bond donors (Lipinski definition) is 0. The van der Waals surface area contributed by atoms with Gasteiger partial charge in [0, 0.05) is 28.4 Å². The quantitative estimate of drug-likeness (QED) is 0.303. The molecule has 0 amide bonds. The molecule has 158 valence electrons. The van der Waals surface area contributed by atoms with Crippen molar-refractivity contribution in [2.75, 3.05) is 20.3 Å². The number of benzene rings is 2. The number of aromatic nitrogens is 1. The van der Waals surface area contributed by atoms with Crippen LogP contribution in [0.15, 0.2) is 40.9 Å². The van der Waals surface area contributed by atoms with Crippen LogP contribution in [0, 0.1) is 13.8 Å². The van der Waals surface area contributed by atoms with Crippen molar-refractivity contribution in [1.29, 1.82) is 0 Å². The van der Waals surface area contributed by atoms with Crippen LogP contribution in [0.2, 0.25) is 0 Å². The SMILES string of the molecule is CCc1nc2ccc(Oc3cccc(Br)c3)c(C)c2c(OC(=O)OCCOC)c1C. The normalized spacial score (nSPS) is 10.8. The van der Waals surface area contributed by atoms with E-state index < -0.39 is 6.16 Å². The van der Waals surface area contributed by atoms with Crippen molar-refractivity contribution in [2.24, 2.45) is 0 Å². The van der Waals surface area contributed by atoms with Crippen LogP contribution in [0.1, 0.15) is 23.7 Å². The molecule has 0 aliphatic carbocycles. The van der Waals surface area contributed by atoms with Gasteiger partial charge in [-0.15, -0.1) is 0 Å². The highest BCUT2D eigenvalue weighted by Crippen LogP contribution is 2.38. The molecule has 0 unspecified atom stereocenters. The molecule has 0 fully saturated rings. The van der Waals surface area contributed by atoms with E-state index in [0.29, 0.717) is 30.3 Å². The topological polar surface area (TPSA) is 66.9 Å². The van der Waals surface area contributed by atoms with Crippen LogP contribution < -0.4 is 9.47 Å². The maximum Gasteiger partial charge on any atom is 0.513 e. The molecule has 6 nitrogen and oxygen atoms in total. The average molecular weight is 474 g/mol. The smallest absolute Gasteiger partial charge is 0.457 e. The maximum absolute atomic E-state index is 12.3. The van der Waals surface area contributed by atoms with Crippen molar-refractivity contribution in [3.8, 4) is 17.2 Å². The van der Waals surface area contributed by atoms with Crippen molar-refractivity contribution in [3.05, 3.63) is 57.7 Å². The van der Waals surface area contributed by atoms with E-state index in [1.807, 2.05) is 57.2 Å². The number of carbonyl (C=O) groups is 1. The standard InChI is InChI=1S/C23H24BrNO5/c1-5-18-14(2)22(30-23(26)28-12-11-27-4)21-15(3)20(10-9-19(21)25-18)29-17-8-6-7-16(24)13-17/h6-10,13H,5,11-12H2,1-4H3. The van der Waals surface area contributed by atoms with Crippen molar-refractivity contribution >= 4 is 33.0 Å². The van der Waals surface area contributed by atoms with E-state index in [2.05, 4.69) is 15.9 Å². The molecule has 0 bridgehead atoms. The fourth-order valence-electron chi connectivity index (χ4n) is 3.17. The van der Waals surface area contributed by atoms with Crippen molar-refractivity contribution < 1.29 is 23.7 Å². The number of methoxy groups -OCH3 is 1. The van der Waals surface area contributed by atoms with Crippen LogP contribution in [0.5, 0.6) is 17.2 Å². The summed E-state index contributed by atoms with van der Waals surface area (Å²) in [5.41, 5.74) is 3.22. The molecule has 3 aromatic rings. The van der Waals surface area contributed by atoms with Crippen LogP contribution in [-0.2, 0) is 15.9 Å². The van der Waals surface area contributed by atoms with Gasteiger partial charge in [-0.3, -0.25) is 4.98 Å². The number of fused-ring (bicyclic) bond motifs is 1. The van der Waals surface area contributed by atoms with Gasteiger partial charge in [0.05, 0.1) is 17.5 Å². The molecule has 30 heavy (non-hydrogen) atoms. The number of rotatable bonds is 7. The predicted octanol–water partition coefficient (Wildman–Crippen LogP) is 6.13. The van der Waals surface area contributed by atoms with E-state index in [4.69, 9.17) is 23.9 Å². The molecule has 0 saturated heterocycles. The zero-order chi connectivity index (χ0) is 21.7. The summed E-state index contributed by atoms with van der Waals surface area (Å²) in [6.45, 7) is 6.25. The highest BCUT2D eigenvalue weighted by atomic mass is 79.9. The molecule has 7 heteroatoms. The minimum atomic E-state index is -0.776. The molecule has 3 rings (SSSR count). The lowest BCUT2D eigenvalue weighted by molar-refractivity contribution is 0.0687. The Morgan fingerprint density at radius 3 is 2.60 bits per heavy atom. The van der Waals surface area contributed by atoms with Gasteiger partial charge in [-0.05, 0) is 50.6 Å². The third kappa shape index (κ3) is 4.91. The fourth-order valence-corrected chi connectivity index (χ4v) is 3.55. The van der Waals surface area contributed by atoms with E-state index in [0.717, 1.165) is 32.2 Å². The number of nitrogens with zero attached hydrogens (tertiary/aromatic N) is 1. The Hall–Kier alpha value is -2.64. The number of ether oxygens (including phenoxy) is 4. The minimum absolute atomic E-state index is 0.119. The predicted molar refractivity (Wildman–Crippen MR) is 119 cm³/mol. The molecule has 0 aliphatic heterocycles. The first kappa shape index (κ1) is 22.1. The highest BCUT2D eigenvalue weighted by Gasteiger charge is 2.20. The van der Waals surface area contributed by atoms with Gasteiger partial charge >= 0.3 is 6.16 Å². The van der Waals surface area contributed by atoms with Crippen LogP contribution in [0.3, 0.4) is 0 Å². The second-order valence-corrected chi connectivity index (χ2v) is 7.62. The first-order valence-corrected chi connectivity index (χ1v) is 10.4. The number of pyridine rings is 1. The molecule has 0 aliphatic rings. The summed E-state index contributed by atoms with van der Waals surface area (Å²) in [5, 5.41) is 0.723. The molecular weight excluding hydrogens is 450 g/mol. The zero-order valence-corrected chi connectivity index (χ0v) is 19.0. The molecule has 0 atom stereocenters. The van der Waals surface area contributed by atoms with Gasteiger partial charge in [-0.1, -0.05) is 28.9 Å². The maximum atomic E-state index is 12.3. The second-order valence-electron chi connectivity index (χ2n) is 6.70. The lowest BCUT2D eigenvalue weighted by atomic mass is 10.0. The summed E-state index contributed by atoms with van der Waals surface area (Å²) in [6.07, 6.45) is -0.0611. The largest absolute Gasteiger partial charge is 0.513 e. The monoisotopic (exact) mass is 473 g/mol. The molecule has 0 radical (unpaired) electrons. The Morgan fingerprint density at radius 2 is 1.90 bits per heavy atom. The van der Waals surface area contributed by atoms with E-state index >= 15 is 0 Å². The Balaban J connectivity index is 2.05. The Labute approximate surface area is 184 Å². The lowest BCUT2D eigenvalue weighted by Crippen LogP contribution is -2.15. The van der Waals surface area contributed by atoms with Crippen LogP contribution in [0.4, 0.5) is 4.79 Å². The third-order valence-corrected chi connectivity index (χ3v) is 5.19. The van der Waals surface area contributed by atoms with Crippen LogP contribution in [-0.4, -0.2) is 31.5 Å². The lowest BCUT2D eigenvalue weighted by Gasteiger charge is -2.17. The molecule has 0 saturated carbocycles. The summed E-state index contributed by atoms with van der Waals surface area (Å²) in [7, 11) is 1.54. The van der Waals surface area contributed by atoms with Gasteiger partial charge in [0.25, 0.3) is 0 Å². The van der Waals surface area contributed by atoms with Crippen molar-refractivity contribution in [2.45, 2.75) is 27.2 Å². The summed E-state index contributed by atoms with van der Waals surface area (Å²) in [6, 6.07) is 11.3. The van der Waals surface area contributed by atoms with Gasteiger partial charge in [0.2, 0.25) is 0 Å². The highest BCUT2D eigenvalue weighted by molar-refractivity contribution is 9.10. The number of carbonyl (C=O) groups excluding carboxylic acids is 1. The second kappa shape index (κ2) is 9.91. The number of aryl methyl sites for hydroxylation is 2. The van der Waals surface area contributed by atoms with E-state index in [-0.39, 0.29) is 6.61 Å². The van der Waals surface area contributed by atoms with Crippen molar-refractivity contribution in [1.82, 2.24) is 4.98 Å². The van der Waals surface area contributed by atoms with Gasteiger partial charge < -0.3 is 18.9 Å². The molecule has 2 aromatic carbocycles. The Morgan fingerprint density at radius 1 is 1.10 bits per heavy atom. The average Bonchev–Trinajstić information content (AvgIpc) is 2.72. The first-order chi connectivity index (χ1) is 14.4. The van der Waals surface area contributed by atoms with Gasteiger partial charge in [-0.2, -0.15) is 0 Å². The Kier molecular flexibility index (Phi) is 7.29. The third-order valence-electron chi connectivity index (χ3n) is 4.70. The minimum Gasteiger partial charge on any atom is -0.457 e. The van der Waals surface area contributed by atoms with E-state index in [1.165, 1.54) is 0 Å². The molecule has 0 spiro atoms. The summed E-state index contributed by atoms with van der Waals surface area (Å²) in [4.78, 5) is 17.0. The molecule has 0 N–H and O–H groups in total. The van der Waals surface area contributed by atoms with Gasteiger partial charge in [0.15, 0.2) is 0 Å².